The monoisotopic (exact) mass is 443 g/mol. The molecule has 0 aliphatic rings. The molecule has 0 fully saturated rings. The summed E-state index contributed by atoms with van der Waals surface area (Å²) in [5.74, 6) is -0.193. The molecule has 0 spiro atoms. The summed E-state index contributed by atoms with van der Waals surface area (Å²) in [7, 11) is 4.73. The summed E-state index contributed by atoms with van der Waals surface area (Å²) in [6.07, 6.45) is -0.541. The summed E-state index contributed by atoms with van der Waals surface area (Å²) in [6, 6.07) is 17.0. The average molecular weight is 444 g/mol. The van der Waals surface area contributed by atoms with Gasteiger partial charge in [-0.05, 0) is 36.8 Å². The lowest BCUT2D eigenvalue weighted by Crippen LogP contribution is -2.18. The third-order valence-corrected chi connectivity index (χ3v) is 5.49. The van der Waals surface area contributed by atoms with Gasteiger partial charge in [0, 0.05) is 30.6 Å². The number of aryl methyl sites for hydroxylation is 1. The first kappa shape index (κ1) is 21.9. The molecule has 0 radical (unpaired) electrons. The fourth-order valence-corrected chi connectivity index (χ4v) is 3.83. The number of amides is 2. The molecule has 0 saturated carbocycles. The van der Waals surface area contributed by atoms with E-state index >= 15 is 0 Å². The lowest BCUT2D eigenvalue weighted by molar-refractivity contribution is 0.0964. The van der Waals surface area contributed by atoms with Gasteiger partial charge in [-0.2, -0.15) is 0 Å². The van der Waals surface area contributed by atoms with Crippen LogP contribution >= 0.6 is 0 Å². The van der Waals surface area contributed by atoms with Crippen molar-refractivity contribution < 1.29 is 14.3 Å². The first-order valence-corrected chi connectivity index (χ1v) is 10.4. The lowest BCUT2D eigenvalue weighted by atomic mass is 10.0. The van der Waals surface area contributed by atoms with E-state index in [1.807, 2.05) is 49.4 Å². The molecule has 1 aromatic heterocycles. The van der Waals surface area contributed by atoms with Gasteiger partial charge in [-0.25, -0.2) is 9.78 Å². The number of hydrogen-bond acceptors (Lipinski definition) is 6. The van der Waals surface area contributed by atoms with Crippen molar-refractivity contribution in [2.75, 3.05) is 37.2 Å². The van der Waals surface area contributed by atoms with Crippen molar-refractivity contribution in [3.63, 3.8) is 0 Å². The Morgan fingerprint density at radius 3 is 2.33 bits per heavy atom. The van der Waals surface area contributed by atoms with Gasteiger partial charge in [-0.3, -0.25) is 10.1 Å². The zero-order valence-corrected chi connectivity index (χ0v) is 18.9. The summed E-state index contributed by atoms with van der Waals surface area (Å²) in [4.78, 5) is 29.0. The molecule has 0 atom stereocenters. The van der Waals surface area contributed by atoms with Crippen LogP contribution < -0.4 is 21.3 Å². The normalized spacial score (nSPS) is 10.7. The number of para-hydroxylation sites is 2. The molecule has 0 aliphatic heterocycles. The van der Waals surface area contributed by atoms with Crippen LogP contribution in [-0.4, -0.2) is 38.2 Å². The van der Waals surface area contributed by atoms with E-state index in [0.717, 1.165) is 38.9 Å². The predicted molar refractivity (Wildman–Crippen MR) is 133 cm³/mol. The Labute approximate surface area is 191 Å². The van der Waals surface area contributed by atoms with E-state index in [2.05, 4.69) is 26.0 Å². The smallest absolute Gasteiger partial charge is 0.411 e. The molecule has 8 heteroatoms. The second kappa shape index (κ2) is 9.04. The first-order valence-electron chi connectivity index (χ1n) is 10.4. The fourth-order valence-electron chi connectivity index (χ4n) is 3.83. The molecule has 1 heterocycles. The maximum atomic E-state index is 12.5. The Hall–Kier alpha value is -4.33. The molecule has 2 amide bonds. The van der Waals surface area contributed by atoms with Gasteiger partial charge >= 0.3 is 6.09 Å². The standard InChI is InChI=1S/C25H25N5O3/c1-14-7-5-8-16-21(14)30-23-17(9-6-10-18(23)24(31)27-3)22(16)29-19-12-11-15(13-20(19)26-2)28-25(32)33-4/h5-13,26H,1-4H3,(H,27,31)(H,28,32)(H,29,30). The van der Waals surface area contributed by atoms with E-state index in [4.69, 9.17) is 4.98 Å². The molecule has 4 rings (SSSR count). The number of carbonyl (C=O) groups is 2. The minimum absolute atomic E-state index is 0.193. The van der Waals surface area contributed by atoms with Crippen LogP contribution in [0.5, 0.6) is 0 Å². The molecule has 3 aromatic carbocycles. The van der Waals surface area contributed by atoms with E-state index in [0.29, 0.717) is 16.8 Å². The van der Waals surface area contributed by atoms with Crippen molar-refractivity contribution in [3.8, 4) is 0 Å². The molecule has 0 aliphatic carbocycles. The maximum absolute atomic E-state index is 12.5. The molecule has 0 unspecified atom stereocenters. The third-order valence-electron chi connectivity index (χ3n) is 5.49. The number of nitrogens with one attached hydrogen (secondary N) is 4. The van der Waals surface area contributed by atoms with Crippen molar-refractivity contribution in [2.45, 2.75) is 6.92 Å². The first-order chi connectivity index (χ1) is 16.0. The van der Waals surface area contributed by atoms with Crippen molar-refractivity contribution >= 4 is 56.6 Å². The second-order valence-electron chi connectivity index (χ2n) is 7.49. The van der Waals surface area contributed by atoms with Gasteiger partial charge in [-0.15, -0.1) is 0 Å². The number of aromatic nitrogens is 1. The SMILES string of the molecule is CNC(=O)c1cccc2c(Nc3ccc(NC(=O)OC)cc3NC)c3cccc(C)c3nc12. The predicted octanol–water partition coefficient (Wildman–Crippen LogP) is 5.02. The van der Waals surface area contributed by atoms with Crippen molar-refractivity contribution in [1.29, 1.82) is 0 Å². The number of rotatable bonds is 5. The Morgan fingerprint density at radius 1 is 0.909 bits per heavy atom. The highest BCUT2D eigenvalue weighted by atomic mass is 16.5. The molecule has 0 bridgehead atoms. The van der Waals surface area contributed by atoms with Gasteiger partial charge in [0.1, 0.15) is 0 Å². The van der Waals surface area contributed by atoms with Crippen molar-refractivity contribution in [1.82, 2.24) is 10.3 Å². The number of hydrogen-bond donors (Lipinski definition) is 4. The topological polar surface area (TPSA) is 104 Å². The number of nitrogens with zero attached hydrogens (tertiary/aromatic N) is 1. The number of ether oxygens (including phenoxy) is 1. The van der Waals surface area contributed by atoms with Crippen LogP contribution in [-0.2, 0) is 4.74 Å². The molecular weight excluding hydrogens is 418 g/mol. The van der Waals surface area contributed by atoms with Crippen LogP contribution in [0.4, 0.5) is 27.5 Å². The van der Waals surface area contributed by atoms with Crippen LogP contribution in [0.25, 0.3) is 21.8 Å². The van der Waals surface area contributed by atoms with Crippen LogP contribution in [0.1, 0.15) is 15.9 Å². The van der Waals surface area contributed by atoms with Crippen LogP contribution in [0, 0.1) is 6.92 Å². The molecule has 4 aromatic rings. The number of methoxy groups -OCH3 is 1. The number of benzene rings is 3. The van der Waals surface area contributed by atoms with Gasteiger partial charge in [0.05, 0.1) is 40.8 Å². The Morgan fingerprint density at radius 2 is 1.64 bits per heavy atom. The average Bonchev–Trinajstić information content (AvgIpc) is 2.84. The van der Waals surface area contributed by atoms with E-state index in [1.54, 1.807) is 26.2 Å². The van der Waals surface area contributed by atoms with E-state index in [9.17, 15) is 9.59 Å². The summed E-state index contributed by atoms with van der Waals surface area (Å²) in [5.41, 5.74) is 5.97. The molecule has 0 saturated heterocycles. The molecular formula is C25H25N5O3. The highest BCUT2D eigenvalue weighted by Gasteiger charge is 2.17. The van der Waals surface area contributed by atoms with Gasteiger partial charge in [0.25, 0.3) is 5.91 Å². The fraction of sp³-hybridized carbons (Fsp3) is 0.160. The van der Waals surface area contributed by atoms with Gasteiger partial charge in [0.2, 0.25) is 0 Å². The van der Waals surface area contributed by atoms with Crippen LogP contribution in [0.2, 0.25) is 0 Å². The van der Waals surface area contributed by atoms with E-state index in [1.165, 1.54) is 7.11 Å². The largest absolute Gasteiger partial charge is 0.453 e. The Kier molecular flexibility index (Phi) is 5.99. The number of fused-ring (bicyclic) bond motifs is 2. The number of anilines is 4. The maximum Gasteiger partial charge on any atom is 0.411 e. The van der Waals surface area contributed by atoms with Gasteiger partial charge in [-0.1, -0.05) is 30.3 Å². The number of carbonyl (C=O) groups excluding carboxylic acids is 2. The van der Waals surface area contributed by atoms with Crippen LogP contribution in [0.15, 0.2) is 54.6 Å². The lowest BCUT2D eigenvalue weighted by Gasteiger charge is -2.18. The zero-order valence-electron chi connectivity index (χ0n) is 18.9. The highest BCUT2D eigenvalue weighted by molar-refractivity contribution is 6.15. The third kappa shape index (κ3) is 4.10. The molecule has 33 heavy (non-hydrogen) atoms. The number of pyridine rings is 1. The minimum atomic E-state index is -0.541. The molecule has 8 nitrogen and oxygen atoms in total. The van der Waals surface area contributed by atoms with E-state index < -0.39 is 6.09 Å². The molecule has 4 N–H and O–H groups in total. The minimum Gasteiger partial charge on any atom is -0.453 e. The highest BCUT2D eigenvalue weighted by Crippen LogP contribution is 2.37. The summed E-state index contributed by atoms with van der Waals surface area (Å²) in [6.45, 7) is 2.00. The van der Waals surface area contributed by atoms with Crippen molar-refractivity contribution in [2.24, 2.45) is 0 Å². The van der Waals surface area contributed by atoms with Crippen molar-refractivity contribution in [3.05, 3.63) is 65.7 Å². The summed E-state index contributed by atoms with van der Waals surface area (Å²) in [5, 5.41) is 13.8. The second-order valence-corrected chi connectivity index (χ2v) is 7.49. The summed E-state index contributed by atoms with van der Waals surface area (Å²) < 4.78 is 4.68. The molecule has 168 valence electrons. The van der Waals surface area contributed by atoms with Gasteiger partial charge in [0.15, 0.2) is 0 Å². The quantitative estimate of drug-likeness (QED) is 0.323. The van der Waals surface area contributed by atoms with Crippen LogP contribution in [0.3, 0.4) is 0 Å². The van der Waals surface area contributed by atoms with Gasteiger partial charge < -0.3 is 20.7 Å². The Bertz CT molecular complexity index is 1380. The zero-order chi connectivity index (χ0) is 23.5. The van der Waals surface area contributed by atoms with E-state index in [-0.39, 0.29) is 5.91 Å². The summed E-state index contributed by atoms with van der Waals surface area (Å²) >= 11 is 0. The Balaban J connectivity index is 1.92.